The Bertz CT molecular complexity index is 317. The highest BCUT2D eigenvalue weighted by Gasteiger charge is 2.22. The number of hydrogen-bond acceptors (Lipinski definition) is 4. The van der Waals surface area contributed by atoms with Crippen molar-refractivity contribution in [2.24, 2.45) is 5.73 Å². The van der Waals surface area contributed by atoms with Gasteiger partial charge in [0.25, 0.3) is 0 Å². The largest absolute Gasteiger partial charge is 0.366 e. The molecule has 0 spiro atoms. The molecule has 0 bridgehead atoms. The second kappa shape index (κ2) is 4.39. The molecule has 2 atom stereocenters. The normalized spacial score (nSPS) is 26.4. The minimum atomic E-state index is 0.354. The van der Waals surface area contributed by atoms with Crippen LogP contribution in [0.1, 0.15) is 19.3 Å². The summed E-state index contributed by atoms with van der Waals surface area (Å²) in [5.41, 5.74) is 5.84. The molecule has 1 heterocycles. The van der Waals surface area contributed by atoms with Gasteiger partial charge in [-0.05, 0) is 41.9 Å². The van der Waals surface area contributed by atoms with E-state index in [4.69, 9.17) is 5.73 Å². The van der Waals surface area contributed by atoms with Gasteiger partial charge in [-0.25, -0.2) is 9.97 Å². The van der Waals surface area contributed by atoms with Crippen LogP contribution in [0.3, 0.4) is 0 Å². The molecule has 1 saturated carbocycles. The number of aromatic nitrogens is 2. The van der Waals surface area contributed by atoms with Gasteiger partial charge in [0.05, 0.1) is 3.57 Å². The van der Waals surface area contributed by atoms with Crippen molar-refractivity contribution >= 4 is 28.4 Å². The molecule has 0 aromatic carbocycles. The van der Waals surface area contributed by atoms with Crippen LogP contribution in [-0.4, -0.2) is 22.1 Å². The van der Waals surface area contributed by atoms with E-state index >= 15 is 0 Å². The number of rotatable bonds is 2. The lowest BCUT2D eigenvalue weighted by Gasteiger charge is -2.13. The number of halogens is 1. The van der Waals surface area contributed by atoms with Crippen LogP contribution < -0.4 is 11.1 Å². The molecule has 1 aromatic heterocycles. The van der Waals surface area contributed by atoms with Crippen LogP contribution in [0.4, 0.5) is 5.82 Å². The lowest BCUT2D eigenvalue weighted by Crippen LogP contribution is -2.21. The van der Waals surface area contributed by atoms with Gasteiger partial charge in [-0.1, -0.05) is 0 Å². The van der Waals surface area contributed by atoms with E-state index in [1.807, 2.05) is 6.20 Å². The Labute approximate surface area is 96.8 Å². The zero-order valence-electron chi connectivity index (χ0n) is 7.78. The summed E-state index contributed by atoms with van der Waals surface area (Å²) in [7, 11) is 0. The van der Waals surface area contributed by atoms with E-state index in [-0.39, 0.29) is 0 Å². The minimum Gasteiger partial charge on any atom is -0.366 e. The van der Waals surface area contributed by atoms with Gasteiger partial charge in [0.15, 0.2) is 0 Å². The SMILES string of the molecule is NC1CCC(Nc2ncncc2I)C1. The summed E-state index contributed by atoms with van der Waals surface area (Å²) in [5, 5.41) is 3.40. The fourth-order valence-corrected chi connectivity index (χ4v) is 2.22. The second-order valence-corrected chi connectivity index (χ2v) is 4.80. The zero-order chi connectivity index (χ0) is 9.97. The van der Waals surface area contributed by atoms with Crippen LogP contribution in [0.2, 0.25) is 0 Å². The van der Waals surface area contributed by atoms with Gasteiger partial charge in [0.1, 0.15) is 12.1 Å². The van der Waals surface area contributed by atoms with Gasteiger partial charge in [0, 0.05) is 18.3 Å². The molecule has 76 valence electrons. The highest BCUT2D eigenvalue weighted by Crippen LogP contribution is 2.22. The van der Waals surface area contributed by atoms with Crippen LogP contribution >= 0.6 is 22.6 Å². The van der Waals surface area contributed by atoms with Crippen molar-refractivity contribution in [2.45, 2.75) is 31.3 Å². The van der Waals surface area contributed by atoms with Crippen LogP contribution in [0.15, 0.2) is 12.5 Å². The third-order valence-corrected chi connectivity index (χ3v) is 3.27. The molecule has 4 nitrogen and oxygen atoms in total. The van der Waals surface area contributed by atoms with Gasteiger partial charge >= 0.3 is 0 Å². The van der Waals surface area contributed by atoms with Crippen LogP contribution in [0.5, 0.6) is 0 Å². The van der Waals surface area contributed by atoms with E-state index in [9.17, 15) is 0 Å². The Morgan fingerprint density at radius 3 is 3.00 bits per heavy atom. The quantitative estimate of drug-likeness (QED) is 0.810. The summed E-state index contributed by atoms with van der Waals surface area (Å²) < 4.78 is 1.06. The van der Waals surface area contributed by atoms with Crippen molar-refractivity contribution in [1.29, 1.82) is 0 Å². The van der Waals surface area contributed by atoms with E-state index in [1.165, 1.54) is 0 Å². The Balaban J connectivity index is 2.01. The van der Waals surface area contributed by atoms with E-state index in [2.05, 4.69) is 37.9 Å². The number of nitrogens with one attached hydrogen (secondary N) is 1. The fourth-order valence-electron chi connectivity index (χ4n) is 1.76. The molecule has 3 N–H and O–H groups in total. The third-order valence-electron chi connectivity index (χ3n) is 2.48. The lowest BCUT2D eigenvalue weighted by molar-refractivity contribution is 0.686. The molecular weight excluding hydrogens is 291 g/mol. The van der Waals surface area contributed by atoms with Gasteiger partial charge in [-0.3, -0.25) is 0 Å². The van der Waals surface area contributed by atoms with Crippen molar-refractivity contribution in [1.82, 2.24) is 9.97 Å². The monoisotopic (exact) mass is 304 g/mol. The Kier molecular flexibility index (Phi) is 3.17. The predicted molar refractivity (Wildman–Crippen MR) is 64.0 cm³/mol. The van der Waals surface area contributed by atoms with Crippen LogP contribution in [-0.2, 0) is 0 Å². The molecule has 1 aromatic rings. The number of anilines is 1. The second-order valence-electron chi connectivity index (χ2n) is 3.63. The van der Waals surface area contributed by atoms with Gasteiger partial charge < -0.3 is 11.1 Å². The first-order valence-corrected chi connectivity index (χ1v) is 5.81. The molecule has 1 aliphatic rings. The molecule has 0 amide bonds. The summed E-state index contributed by atoms with van der Waals surface area (Å²) in [6.45, 7) is 0. The highest BCUT2D eigenvalue weighted by molar-refractivity contribution is 14.1. The smallest absolute Gasteiger partial charge is 0.143 e. The van der Waals surface area contributed by atoms with Crippen molar-refractivity contribution in [3.63, 3.8) is 0 Å². The summed E-state index contributed by atoms with van der Waals surface area (Å²) in [6, 6.07) is 0.834. The van der Waals surface area contributed by atoms with Crippen molar-refractivity contribution in [3.8, 4) is 0 Å². The predicted octanol–water partition coefficient (Wildman–Crippen LogP) is 1.37. The maximum absolute atomic E-state index is 5.84. The van der Waals surface area contributed by atoms with Gasteiger partial charge in [-0.2, -0.15) is 0 Å². The van der Waals surface area contributed by atoms with Gasteiger partial charge in [0.2, 0.25) is 0 Å². The lowest BCUT2D eigenvalue weighted by atomic mass is 10.2. The zero-order valence-corrected chi connectivity index (χ0v) is 9.94. The van der Waals surface area contributed by atoms with E-state index < -0.39 is 0 Å². The molecule has 5 heteroatoms. The maximum atomic E-state index is 5.84. The molecule has 14 heavy (non-hydrogen) atoms. The minimum absolute atomic E-state index is 0.354. The molecule has 0 radical (unpaired) electrons. The topological polar surface area (TPSA) is 63.8 Å². The fraction of sp³-hybridized carbons (Fsp3) is 0.556. The van der Waals surface area contributed by atoms with E-state index in [1.54, 1.807) is 6.33 Å². The maximum Gasteiger partial charge on any atom is 0.143 e. The molecule has 1 aliphatic carbocycles. The average molecular weight is 304 g/mol. The molecule has 1 fully saturated rings. The Hall–Kier alpha value is -0.430. The van der Waals surface area contributed by atoms with E-state index in [0.717, 1.165) is 28.7 Å². The summed E-state index contributed by atoms with van der Waals surface area (Å²) >= 11 is 2.23. The first-order chi connectivity index (χ1) is 6.75. The summed E-state index contributed by atoms with van der Waals surface area (Å²) in [5.74, 6) is 0.930. The first kappa shape index (κ1) is 10.1. The highest BCUT2D eigenvalue weighted by atomic mass is 127. The van der Waals surface area contributed by atoms with Crippen molar-refractivity contribution in [2.75, 3.05) is 5.32 Å². The van der Waals surface area contributed by atoms with Gasteiger partial charge in [-0.15, -0.1) is 0 Å². The third kappa shape index (κ3) is 2.33. The Morgan fingerprint density at radius 2 is 2.36 bits per heavy atom. The molecule has 2 rings (SSSR count). The van der Waals surface area contributed by atoms with Crippen molar-refractivity contribution < 1.29 is 0 Å². The molecule has 0 saturated heterocycles. The molecule has 2 unspecified atom stereocenters. The number of hydrogen-bond donors (Lipinski definition) is 2. The number of nitrogens with two attached hydrogens (primary N) is 1. The molecule has 0 aliphatic heterocycles. The van der Waals surface area contributed by atoms with Crippen LogP contribution in [0, 0.1) is 3.57 Å². The average Bonchev–Trinajstić information content (AvgIpc) is 2.56. The standard InChI is InChI=1S/C9H13IN4/c10-8-4-12-5-13-9(8)14-7-2-1-6(11)3-7/h4-7H,1-3,11H2,(H,12,13,14). The summed E-state index contributed by atoms with van der Waals surface area (Å²) in [4.78, 5) is 8.15. The van der Waals surface area contributed by atoms with Crippen LogP contribution in [0.25, 0.3) is 0 Å². The van der Waals surface area contributed by atoms with E-state index in [0.29, 0.717) is 12.1 Å². The molecular formula is C9H13IN4. The first-order valence-electron chi connectivity index (χ1n) is 4.73. The summed E-state index contributed by atoms with van der Waals surface area (Å²) in [6.07, 6.45) is 6.67. The Morgan fingerprint density at radius 1 is 1.50 bits per heavy atom. The number of nitrogens with zero attached hydrogens (tertiary/aromatic N) is 2. The van der Waals surface area contributed by atoms with Crippen molar-refractivity contribution in [3.05, 3.63) is 16.1 Å².